The van der Waals surface area contributed by atoms with Crippen LogP contribution in [-0.2, 0) is 11.3 Å². The van der Waals surface area contributed by atoms with Crippen LogP contribution in [0.1, 0.15) is 26.0 Å². The number of carbonyl (C=O) groups excluding carboxylic acids is 1. The van der Waals surface area contributed by atoms with Gasteiger partial charge in [-0.2, -0.15) is 4.98 Å². The lowest BCUT2D eigenvalue weighted by molar-refractivity contribution is -0.114. The van der Waals surface area contributed by atoms with E-state index < -0.39 is 0 Å². The van der Waals surface area contributed by atoms with E-state index in [0.717, 1.165) is 17.5 Å². The number of aryl methyl sites for hydroxylation is 2. The van der Waals surface area contributed by atoms with Crippen LogP contribution in [0.2, 0.25) is 0 Å². The fourth-order valence-corrected chi connectivity index (χ4v) is 3.35. The molecule has 0 radical (unpaired) electrons. The number of anilines is 1. The minimum atomic E-state index is -0.154. The van der Waals surface area contributed by atoms with Crippen molar-refractivity contribution in [3.8, 4) is 22.8 Å². The molecule has 2 aromatic heterocycles. The Kier molecular flexibility index (Phi) is 5.14. The third-order valence-electron chi connectivity index (χ3n) is 4.67. The molecule has 1 amide bonds. The Hall–Kier alpha value is -3.81. The van der Waals surface area contributed by atoms with E-state index in [2.05, 4.69) is 20.4 Å². The number of nitrogens with one attached hydrogen (secondary N) is 1. The first-order valence-electron chi connectivity index (χ1n) is 9.69. The maximum absolute atomic E-state index is 12.4. The highest BCUT2D eigenvalue weighted by Crippen LogP contribution is 2.26. The van der Waals surface area contributed by atoms with E-state index in [-0.39, 0.29) is 11.5 Å². The normalized spacial score (nSPS) is 11.0. The summed E-state index contributed by atoms with van der Waals surface area (Å²) in [4.78, 5) is 32.6. The van der Waals surface area contributed by atoms with Gasteiger partial charge in [-0.3, -0.25) is 9.59 Å². The van der Waals surface area contributed by atoms with E-state index >= 15 is 0 Å². The molecule has 0 saturated heterocycles. The van der Waals surface area contributed by atoms with Crippen molar-refractivity contribution >= 4 is 22.6 Å². The van der Waals surface area contributed by atoms with Crippen LogP contribution in [0.25, 0.3) is 33.9 Å². The second kappa shape index (κ2) is 7.90. The van der Waals surface area contributed by atoms with E-state index in [0.29, 0.717) is 40.7 Å². The van der Waals surface area contributed by atoms with E-state index in [9.17, 15) is 9.59 Å². The molecule has 0 spiro atoms. The molecule has 0 unspecified atom stereocenters. The minimum Gasteiger partial charge on any atom is -0.334 e. The first kappa shape index (κ1) is 19.5. The molecule has 0 aliphatic rings. The van der Waals surface area contributed by atoms with Crippen LogP contribution < -0.4 is 10.9 Å². The second-order valence-corrected chi connectivity index (χ2v) is 7.04. The monoisotopic (exact) mass is 403 g/mol. The first-order valence-corrected chi connectivity index (χ1v) is 9.69. The van der Waals surface area contributed by atoms with Crippen LogP contribution in [0.3, 0.4) is 0 Å². The highest BCUT2D eigenvalue weighted by molar-refractivity contribution is 5.89. The van der Waals surface area contributed by atoms with E-state index in [1.165, 1.54) is 6.92 Å². The van der Waals surface area contributed by atoms with Gasteiger partial charge < -0.3 is 14.4 Å². The summed E-state index contributed by atoms with van der Waals surface area (Å²) in [6.45, 7) is 5.83. The van der Waals surface area contributed by atoms with Gasteiger partial charge in [0.1, 0.15) is 5.69 Å². The van der Waals surface area contributed by atoms with E-state index in [1.54, 1.807) is 29.7 Å². The fourth-order valence-electron chi connectivity index (χ4n) is 3.35. The molecule has 0 saturated carbocycles. The number of carbonyl (C=O) groups is 1. The second-order valence-electron chi connectivity index (χ2n) is 7.04. The molecule has 30 heavy (non-hydrogen) atoms. The molecule has 2 heterocycles. The Morgan fingerprint density at radius 3 is 2.73 bits per heavy atom. The molecule has 4 rings (SSSR count). The van der Waals surface area contributed by atoms with Gasteiger partial charge in [0, 0.05) is 30.3 Å². The van der Waals surface area contributed by atoms with Gasteiger partial charge in [0.15, 0.2) is 0 Å². The van der Waals surface area contributed by atoms with Crippen molar-refractivity contribution in [2.75, 3.05) is 5.32 Å². The number of rotatable bonds is 5. The van der Waals surface area contributed by atoms with E-state index in [1.807, 2.05) is 31.2 Å². The molecule has 152 valence electrons. The van der Waals surface area contributed by atoms with Crippen molar-refractivity contribution in [2.45, 2.75) is 33.7 Å². The summed E-state index contributed by atoms with van der Waals surface area (Å²) < 4.78 is 7.18. The third-order valence-corrected chi connectivity index (χ3v) is 4.67. The summed E-state index contributed by atoms with van der Waals surface area (Å²) >= 11 is 0. The number of aromatic nitrogens is 4. The standard InChI is InChI=1S/C22H21N5O3/c1-4-10-27-19-9-8-15(12-18(19)23-13(2)22(27)29)20-25-21(30-26-20)16-6-5-7-17(11-16)24-14(3)28/h5-9,11-12H,4,10H2,1-3H3,(H,24,28). The average Bonchev–Trinajstić information content (AvgIpc) is 3.21. The number of fused-ring (bicyclic) bond motifs is 1. The Morgan fingerprint density at radius 2 is 1.97 bits per heavy atom. The maximum atomic E-state index is 12.4. The maximum Gasteiger partial charge on any atom is 0.272 e. The first-order chi connectivity index (χ1) is 14.5. The Labute approximate surface area is 172 Å². The molecule has 8 nitrogen and oxygen atoms in total. The van der Waals surface area contributed by atoms with Gasteiger partial charge in [-0.1, -0.05) is 18.1 Å². The van der Waals surface area contributed by atoms with Gasteiger partial charge in [-0.15, -0.1) is 0 Å². The molecular formula is C22H21N5O3. The van der Waals surface area contributed by atoms with Crippen molar-refractivity contribution in [1.82, 2.24) is 19.7 Å². The molecule has 8 heteroatoms. The molecule has 0 aliphatic heterocycles. The lowest BCUT2D eigenvalue weighted by Crippen LogP contribution is -2.24. The summed E-state index contributed by atoms with van der Waals surface area (Å²) in [6.07, 6.45) is 0.853. The van der Waals surface area contributed by atoms with Crippen LogP contribution >= 0.6 is 0 Å². The lowest BCUT2D eigenvalue weighted by Gasteiger charge is -2.10. The van der Waals surface area contributed by atoms with Gasteiger partial charge in [0.05, 0.1) is 11.0 Å². The zero-order chi connectivity index (χ0) is 21.3. The van der Waals surface area contributed by atoms with Crippen LogP contribution in [0.5, 0.6) is 0 Å². The predicted molar refractivity (Wildman–Crippen MR) is 114 cm³/mol. The van der Waals surface area contributed by atoms with Crippen molar-refractivity contribution in [1.29, 1.82) is 0 Å². The summed E-state index contributed by atoms with van der Waals surface area (Å²) in [5.41, 5.74) is 3.96. The zero-order valence-corrected chi connectivity index (χ0v) is 17.0. The highest BCUT2D eigenvalue weighted by Gasteiger charge is 2.14. The topological polar surface area (TPSA) is 103 Å². The van der Waals surface area contributed by atoms with Gasteiger partial charge in [-0.05, 0) is 49.7 Å². The van der Waals surface area contributed by atoms with Gasteiger partial charge >= 0.3 is 0 Å². The number of amides is 1. The SMILES string of the molecule is CCCn1c(=O)c(C)nc2cc(-c3noc(-c4cccc(NC(C)=O)c4)n3)ccc21. The van der Waals surface area contributed by atoms with Gasteiger partial charge in [-0.25, -0.2) is 4.98 Å². The van der Waals surface area contributed by atoms with Gasteiger partial charge in [0.25, 0.3) is 11.4 Å². The van der Waals surface area contributed by atoms with Crippen molar-refractivity contribution in [3.05, 3.63) is 58.5 Å². The van der Waals surface area contributed by atoms with E-state index in [4.69, 9.17) is 4.52 Å². The summed E-state index contributed by atoms with van der Waals surface area (Å²) in [6, 6.07) is 12.8. The zero-order valence-electron chi connectivity index (χ0n) is 17.0. The Morgan fingerprint density at radius 1 is 1.13 bits per heavy atom. The van der Waals surface area contributed by atoms with Crippen LogP contribution in [-0.4, -0.2) is 25.6 Å². The van der Waals surface area contributed by atoms with Gasteiger partial charge in [0.2, 0.25) is 11.7 Å². The third kappa shape index (κ3) is 3.71. The lowest BCUT2D eigenvalue weighted by atomic mass is 10.1. The van der Waals surface area contributed by atoms with Crippen molar-refractivity contribution in [3.63, 3.8) is 0 Å². The van der Waals surface area contributed by atoms with Crippen LogP contribution in [0, 0.1) is 6.92 Å². The predicted octanol–water partition coefficient (Wildman–Crippen LogP) is 3.79. The summed E-state index contributed by atoms with van der Waals surface area (Å²) in [5.74, 6) is 0.612. The van der Waals surface area contributed by atoms with Crippen molar-refractivity contribution < 1.29 is 9.32 Å². The molecule has 0 bridgehead atoms. The quantitative estimate of drug-likeness (QED) is 0.544. The highest BCUT2D eigenvalue weighted by atomic mass is 16.5. The Balaban J connectivity index is 1.72. The smallest absolute Gasteiger partial charge is 0.272 e. The molecule has 2 aromatic carbocycles. The van der Waals surface area contributed by atoms with Crippen molar-refractivity contribution in [2.24, 2.45) is 0 Å². The molecule has 1 N–H and O–H groups in total. The molecular weight excluding hydrogens is 382 g/mol. The number of hydrogen-bond donors (Lipinski definition) is 1. The molecule has 0 atom stereocenters. The average molecular weight is 403 g/mol. The largest absolute Gasteiger partial charge is 0.334 e. The molecule has 0 fully saturated rings. The number of nitrogens with zero attached hydrogens (tertiary/aromatic N) is 4. The Bertz CT molecular complexity index is 1310. The summed E-state index contributed by atoms with van der Waals surface area (Å²) in [5, 5.41) is 6.82. The molecule has 4 aromatic rings. The number of benzene rings is 2. The minimum absolute atomic E-state index is 0.0713. The fraction of sp³-hybridized carbons (Fsp3) is 0.227. The summed E-state index contributed by atoms with van der Waals surface area (Å²) in [7, 11) is 0. The van der Waals surface area contributed by atoms with Crippen LogP contribution in [0.4, 0.5) is 5.69 Å². The molecule has 0 aliphatic carbocycles. The van der Waals surface area contributed by atoms with Crippen LogP contribution in [0.15, 0.2) is 51.8 Å². The number of hydrogen-bond acceptors (Lipinski definition) is 6.